The Balaban J connectivity index is 1.56. The fraction of sp³-hybridized carbons (Fsp3) is 0.130. The Morgan fingerprint density at radius 2 is 1.80 bits per heavy atom. The number of hydrogen-bond donors (Lipinski definition) is 1. The molecule has 1 amide bonds. The summed E-state index contributed by atoms with van der Waals surface area (Å²) in [6.07, 6.45) is 5.08. The van der Waals surface area contributed by atoms with Crippen LogP contribution in [-0.4, -0.2) is 32.4 Å². The van der Waals surface area contributed by atoms with Crippen molar-refractivity contribution in [2.75, 3.05) is 6.54 Å². The summed E-state index contributed by atoms with van der Waals surface area (Å²) in [6, 6.07) is 21.1. The lowest BCUT2D eigenvalue weighted by molar-refractivity contribution is 0.0949. The van der Waals surface area contributed by atoms with Crippen molar-refractivity contribution in [1.82, 2.24) is 25.3 Å². The van der Waals surface area contributed by atoms with Gasteiger partial charge in [0.1, 0.15) is 5.69 Å². The number of halogens is 1. The number of pyridine rings is 1. The standard InChI is InChI=1S/C23H20ClN5O/c24-19-9-4-10-20(16-19)29-22(18-11-14-25-15-12-18)21(27-28-29)23(30)26-13-5-8-17-6-2-1-3-7-17/h1-4,6-7,9-12,14-16H,5,8,13H2,(H,26,30). The van der Waals surface area contributed by atoms with E-state index in [1.54, 1.807) is 29.2 Å². The Bertz CT molecular complexity index is 1130. The molecular weight excluding hydrogens is 398 g/mol. The van der Waals surface area contributed by atoms with E-state index < -0.39 is 0 Å². The van der Waals surface area contributed by atoms with Crippen molar-refractivity contribution in [1.29, 1.82) is 0 Å². The van der Waals surface area contributed by atoms with E-state index in [9.17, 15) is 4.79 Å². The molecule has 2 aromatic carbocycles. The highest BCUT2D eigenvalue weighted by Gasteiger charge is 2.22. The number of benzene rings is 2. The van der Waals surface area contributed by atoms with Crippen LogP contribution in [0.3, 0.4) is 0 Å². The quantitative estimate of drug-likeness (QED) is 0.454. The lowest BCUT2D eigenvalue weighted by Crippen LogP contribution is -2.25. The van der Waals surface area contributed by atoms with Crippen LogP contribution < -0.4 is 5.32 Å². The summed E-state index contributed by atoms with van der Waals surface area (Å²) >= 11 is 6.15. The Morgan fingerprint density at radius 3 is 2.57 bits per heavy atom. The maximum Gasteiger partial charge on any atom is 0.274 e. The topological polar surface area (TPSA) is 72.7 Å². The van der Waals surface area contributed by atoms with Crippen molar-refractivity contribution in [3.63, 3.8) is 0 Å². The van der Waals surface area contributed by atoms with Crippen molar-refractivity contribution < 1.29 is 4.79 Å². The first-order valence-electron chi connectivity index (χ1n) is 9.66. The van der Waals surface area contributed by atoms with Gasteiger partial charge >= 0.3 is 0 Å². The SMILES string of the molecule is O=C(NCCCc1ccccc1)c1nnn(-c2cccc(Cl)c2)c1-c1ccncc1. The van der Waals surface area contributed by atoms with Crippen LogP contribution >= 0.6 is 11.6 Å². The molecule has 0 aliphatic carbocycles. The van der Waals surface area contributed by atoms with Crippen LogP contribution in [0.1, 0.15) is 22.5 Å². The van der Waals surface area contributed by atoms with Gasteiger partial charge in [-0.1, -0.05) is 53.2 Å². The number of aromatic nitrogens is 4. The molecule has 6 nitrogen and oxygen atoms in total. The number of aryl methyl sites for hydroxylation is 1. The molecular formula is C23H20ClN5O. The van der Waals surface area contributed by atoms with Crippen LogP contribution in [0.25, 0.3) is 16.9 Å². The first kappa shape index (κ1) is 19.8. The summed E-state index contributed by atoms with van der Waals surface area (Å²) in [5.41, 5.74) is 3.63. The Morgan fingerprint density at radius 1 is 1.00 bits per heavy atom. The van der Waals surface area contributed by atoms with Gasteiger partial charge in [-0.25, -0.2) is 4.68 Å². The molecule has 4 aromatic rings. The van der Waals surface area contributed by atoms with Crippen LogP contribution in [-0.2, 0) is 6.42 Å². The third-order valence-corrected chi connectivity index (χ3v) is 4.90. The Labute approximate surface area is 179 Å². The summed E-state index contributed by atoms with van der Waals surface area (Å²) in [5.74, 6) is -0.261. The van der Waals surface area contributed by atoms with Gasteiger partial charge in [0, 0.05) is 29.5 Å². The molecule has 0 saturated carbocycles. The molecule has 7 heteroatoms. The molecule has 0 aliphatic rings. The lowest BCUT2D eigenvalue weighted by Gasteiger charge is -2.09. The zero-order valence-corrected chi connectivity index (χ0v) is 17.0. The van der Waals surface area contributed by atoms with Gasteiger partial charge < -0.3 is 5.32 Å². The van der Waals surface area contributed by atoms with Gasteiger partial charge in [0.25, 0.3) is 5.91 Å². The van der Waals surface area contributed by atoms with E-state index in [1.165, 1.54) is 5.56 Å². The average molecular weight is 418 g/mol. The zero-order valence-electron chi connectivity index (χ0n) is 16.2. The molecule has 2 aromatic heterocycles. The van der Waals surface area contributed by atoms with E-state index in [2.05, 4.69) is 32.7 Å². The zero-order chi connectivity index (χ0) is 20.8. The molecule has 0 aliphatic heterocycles. The maximum atomic E-state index is 12.9. The third-order valence-electron chi connectivity index (χ3n) is 4.66. The van der Waals surface area contributed by atoms with E-state index in [0.29, 0.717) is 17.3 Å². The van der Waals surface area contributed by atoms with Crippen LogP contribution in [0.15, 0.2) is 79.1 Å². The van der Waals surface area contributed by atoms with Gasteiger partial charge in [0.15, 0.2) is 5.69 Å². The smallest absolute Gasteiger partial charge is 0.274 e. The Kier molecular flexibility index (Phi) is 6.15. The van der Waals surface area contributed by atoms with Crippen molar-refractivity contribution >= 4 is 17.5 Å². The second-order valence-electron chi connectivity index (χ2n) is 6.76. The predicted molar refractivity (Wildman–Crippen MR) is 117 cm³/mol. The van der Waals surface area contributed by atoms with E-state index in [1.807, 2.05) is 42.5 Å². The number of hydrogen-bond acceptors (Lipinski definition) is 4. The van der Waals surface area contributed by atoms with Crippen molar-refractivity contribution in [2.45, 2.75) is 12.8 Å². The second-order valence-corrected chi connectivity index (χ2v) is 7.20. The normalized spacial score (nSPS) is 10.7. The molecule has 0 atom stereocenters. The molecule has 2 heterocycles. The van der Waals surface area contributed by atoms with Crippen LogP contribution in [0.5, 0.6) is 0 Å². The van der Waals surface area contributed by atoms with Gasteiger partial charge in [0.05, 0.1) is 5.69 Å². The van der Waals surface area contributed by atoms with Crippen molar-refractivity contribution in [3.05, 3.63) is 95.4 Å². The van der Waals surface area contributed by atoms with Gasteiger partial charge in [0.2, 0.25) is 0 Å². The fourth-order valence-corrected chi connectivity index (χ4v) is 3.40. The minimum Gasteiger partial charge on any atom is -0.351 e. The van der Waals surface area contributed by atoms with Gasteiger partial charge in [-0.3, -0.25) is 9.78 Å². The number of rotatable bonds is 7. The van der Waals surface area contributed by atoms with Gasteiger partial charge in [-0.05, 0) is 48.7 Å². The summed E-state index contributed by atoms with van der Waals surface area (Å²) < 4.78 is 1.63. The maximum absolute atomic E-state index is 12.9. The molecule has 0 radical (unpaired) electrons. The highest BCUT2D eigenvalue weighted by molar-refractivity contribution is 6.30. The first-order valence-corrected chi connectivity index (χ1v) is 10.0. The molecule has 0 fully saturated rings. The second kappa shape index (κ2) is 9.33. The summed E-state index contributed by atoms with van der Waals surface area (Å²) in [5, 5.41) is 11.9. The number of carbonyl (C=O) groups excluding carboxylic acids is 1. The van der Waals surface area contributed by atoms with Crippen LogP contribution in [0.2, 0.25) is 5.02 Å². The third kappa shape index (κ3) is 4.55. The molecule has 1 N–H and O–H groups in total. The highest BCUT2D eigenvalue weighted by atomic mass is 35.5. The minimum absolute atomic E-state index is 0.261. The Hall–Kier alpha value is -3.51. The lowest BCUT2D eigenvalue weighted by atomic mass is 10.1. The predicted octanol–water partition coefficient (Wildman–Crippen LogP) is 4.35. The van der Waals surface area contributed by atoms with Crippen LogP contribution in [0.4, 0.5) is 0 Å². The van der Waals surface area contributed by atoms with E-state index in [-0.39, 0.29) is 11.6 Å². The summed E-state index contributed by atoms with van der Waals surface area (Å²) in [7, 11) is 0. The molecule has 30 heavy (non-hydrogen) atoms. The van der Waals surface area contributed by atoms with Crippen molar-refractivity contribution in [3.8, 4) is 16.9 Å². The largest absolute Gasteiger partial charge is 0.351 e. The number of amides is 1. The highest BCUT2D eigenvalue weighted by Crippen LogP contribution is 2.26. The average Bonchev–Trinajstić information content (AvgIpc) is 3.23. The molecule has 150 valence electrons. The van der Waals surface area contributed by atoms with E-state index in [4.69, 9.17) is 11.6 Å². The number of nitrogens with one attached hydrogen (secondary N) is 1. The molecule has 0 unspecified atom stereocenters. The fourth-order valence-electron chi connectivity index (χ4n) is 3.22. The monoisotopic (exact) mass is 417 g/mol. The first-order chi connectivity index (χ1) is 14.7. The number of carbonyl (C=O) groups is 1. The molecule has 0 saturated heterocycles. The molecule has 0 spiro atoms. The molecule has 4 rings (SSSR count). The van der Waals surface area contributed by atoms with E-state index >= 15 is 0 Å². The van der Waals surface area contributed by atoms with E-state index in [0.717, 1.165) is 24.1 Å². The van der Waals surface area contributed by atoms with Crippen molar-refractivity contribution in [2.24, 2.45) is 0 Å². The van der Waals surface area contributed by atoms with Gasteiger partial charge in [-0.2, -0.15) is 0 Å². The number of nitrogens with zero attached hydrogens (tertiary/aromatic N) is 4. The minimum atomic E-state index is -0.261. The summed E-state index contributed by atoms with van der Waals surface area (Å²) in [6.45, 7) is 0.549. The molecule has 0 bridgehead atoms. The summed E-state index contributed by atoms with van der Waals surface area (Å²) in [4.78, 5) is 17.0. The van der Waals surface area contributed by atoms with Gasteiger partial charge in [-0.15, -0.1) is 5.10 Å². The van der Waals surface area contributed by atoms with Crippen LogP contribution in [0, 0.1) is 0 Å².